The van der Waals surface area contributed by atoms with Crippen molar-refractivity contribution in [3.63, 3.8) is 0 Å². The van der Waals surface area contributed by atoms with Gasteiger partial charge in [0.05, 0.1) is 10.5 Å². The quantitative estimate of drug-likeness (QED) is 0.182. The van der Waals surface area contributed by atoms with E-state index in [4.69, 9.17) is 10.9 Å². The molecule has 0 aliphatic carbocycles. The molecule has 0 aliphatic rings. The number of nitrogens with zero attached hydrogens (tertiary/aromatic N) is 2. The van der Waals surface area contributed by atoms with Gasteiger partial charge in [-0.1, -0.05) is 5.16 Å². The fourth-order valence-corrected chi connectivity index (χ4v) is 0.897. The minimum atomic E-state index is -0.645. The molecule has 4 N–H and O–H groups in total. The Balaban J connectivity index is 0.00000196. The van der Waals surface area contributed by atoms with Crippen LogP contribution >= 0.6 is 0 Å². The third kappa shape index (κ3) is 2.94. The number of phenolic OH excluding ortho intramolecular Hbond substituents is 1. The molecule has 0 aliphatic heterocycles. The number of aromatic hydroxyl groups is 1. The molecule has 0 spiro atoms. The molecule has 15 heavy (non-hydrogen) atoms. The number of nitro groups is 1. The summed E-state index contributed by atoms with van der Waals surface area (Å²) in [6.07, 6.45) is 0. The number of hydrogen-bond acceptors (Lipinski definition) is 5. The van der Waals surface area contributed by atoms with Crippen LogP contribution in [0.1, 0.15) is 5.56 Å². The first-order valence-corrected chi connectivity index (χ1v) is 3.51. The van der Waals surface area contributed by atoms with E-state index in [1.54, 1.807) is 0 Å². The molecule has 1 rings (SSSR count). The van der Waals surface area contributed by atoms with Gasteiger partial charge in [0, 0.05) is 34.5 Å². The van der Waals surface area contributed by atoms with E-state index >= 15 is 0 Å². The van der Waals surface area contributed by atoms with Gasteiger partial charge in [-0.25, -0.2) is 0 Å². The van der Waals surface area contributed by atoms with E-state index in [0.29, 0.717) is 0 Å². The van der Waals surface area contributed by atoms with Crippen molar-refractivity contribution in [1.29, 1.82) is 0 Å². The van der Waals surface area contributed by atoms with Crippen LogP contribution in [0.5, 0.6) is 5.75 Å². The van der Waals surface area contributed by atoms with E-state index < -0.39 is 4.92 Å². The van der Waals surface area contributed by atoms with Crippen LogP contribution in [-0.2, 0) is 22.4 Å². The summed E-state index contributed by atoms with van der Waals surface area (Å²) in [6, 6.07) is 3.24. The van der Waals surface area contributed by atoms with Crippen molar-refractivity contribution in [2.24, 2.45) is 10.9 Å². The molecule has 1 radical (unpaired) electrons. The molecule has 0 amide bonds. The molecule has 0 bridgehead atoms. The van der Waals surface area contributed by atoms with Gasteiger partial charge < -0.3 is 16.0 Å². The second-order valence-electron chi connectivity index (χ2n) is 2.44. The van der Waals surface area contributed by atoms with E-state index in [9.17, 15) is 15.2 Å². The van der Waals surface area contributed by atoms with E-state index in [-0.39, 0.29) is 45.2 Å². The zero-order valence-corrected chi connectivity index (χ0v) is 8.70. The summed E-state index contributed by atoms with van der Waals surface area (Å²) in [6.45, 7) is 0. The standard InChI is InChI=1S/C7H7N3O4.Ag/c8-7(9-12)5-3-4(10(13)14)1-2-6(5)11;/h1-3,11-12H,(H2,8,9);. The Hall–Kier alpha value is -1.57. The van der Waals surface area contributed by atoms with Gasteiger partial charge in [0.15, 0.2) is 5.84 Å². The van der Waals surface area contributed by atoms with Crippen LogP contribution in [0, 0.1) is 10.1 Å². The summed E-state index contributed by atoms with van der Waals surface area (Å²) in [5.74, 6) is -0.669. The zero-order valence-electron chi connectivity index (χ0n) is 7.22. The predicted octanol–water partition coefficient (Wildman–Crippen LogP) is 0.392. The summed E-state index contributed by atoms with van der Waals surface area (Å²) in [7, 11) is 0. The number of amidine groups is 1. The van der Waals surface area contributed by atoms with Crippen LogP contribution in [0.2, 0.25) is 0 Å². The van der Waals surface area contributed by atoms with Crippen molar-refractivity contribution in [3.8, 4) is 5.75 Å². The molecule has 0 unspecified atom stereocenters. The van der Waals surface area contributed by atoms with Gasteiger partial charge in [0.2, 0.25) is 0 Å². The maximum Gasteiger partial charge on any atom is 0.270 e. The van der Waals surface area contributed by atoms with Crippen molar-refractivity contribution in [2.75, 3.05) is 0 Å². The number of benzene rings is 1. The molecule has 0 saturated heterocycles. The van der Waals surface area contributed by atoms with Crippen LogP contribution < -0.4 is 5.73 Å². The summed E-state index contributed by atoms with van der Waals surface area (Å²) in [5.41, 5.74) is 4.85. The summed E-state index contributed by atoms with van der Waals surface area (Å²) >= 11 is 0. The van der Waals surface area contributed by atoms with Gasteiger partial charge in [0.25, 0.3) is 5.69 Å². The number of hydrogen-bond donors (Lipinski definition) is 3. The van der Waals surface area contributed by atoms with Gasteiger partial charge in [-0.3, -0.25) is 10.1 Å². The molecule has 0 aromatic heterocycles. The van der Waals surface area contributed by atoms with Gasteiger partial charge in [-0.2, -0.15) is 0 Å². The molecular formula is C7H7AgN3O4. The second kappa shape index (κ2) is 5.35. The van der Waals surface area contributed by atoms with Crippen LogP contribution in [0.4, 0.5) is 5.69 Å². The molecule has 85 valence electrons. The van der Waals surface area contributed by atoms with E-state index in [1.807, 2.05) is 0 Å². The van der Waals surface area contributed by atoms with Gasteiger partial charge >= 0.3 is 0 Å². The molecule has 1 aromatic carbocycles. The normalized spacial score (nSPS) is 10.5. The van der Waals surface area contributed by atoms with Crippen LogP contribution in [0.15, 0.2) is 23.4 Å². The number of nitro benzene ring substituents is 1. The van der Waals surface area contributed by atoms with Gasteiger partial charge in [-0.15, -0.1) is 0 Å². The van der Waals surface area contributed by atoms with Crippen molar-refractivity contribution in [3.05, 3.63) is 33.9 Å². The smallest absolute Gasteiger partial charge is 0.270 e. The summed E-state index contributed by atoms with van der Waals surface area (Å²) in [4.78, 5) is 9.71. The SMILES string of the molecule is NC(=NO)c1cc([N+](=O)[O-])ccc1O.[Ag]. The maximum atomic E-state index is 10.4. The first kappa shape index (κ1) is 13.4. The molecular weight excluding hydrogens is 298 g/mol. The Morgan fingerprint density at radius 2 is 2.13 bits per heavy atom. The van der Waals surface area contributed by atoms with Crippen molar-refractivity contribution in [1.82, 2.24) is 0 Å². The molecule has 1 aromatic rings. The summed E-state index contributed by atoms with van der Waals surface area (Å²) in [5, 5.41) is 30.5. The Morgan fingerprint density at radius 1 is 1.53 bits per heavy atom. The number of nitrogens with two attached hydrogens (primary N) is 1. The monoisotopic (exact) mass is 304 g/mol. The zero-order chi connectivity index (χ0) is 10.7. The van der Waals surface area contributed by atoms with E-state index in [1.165, 1.54) is 0 Å². The number of oxime groups is 1. The molecule has 7 nitrogen and oxygen atoms in total. The van der Waals surface area contributed by atoms with Crippen molar-refractivity contribution >= 4 is 11.5 Å². The Labute approximate surface area is 99.9 Å². The second-order valence-corrected chi connectivity index (χ2v) is 2.44. The maximum absolute atomic E-state index is 10.4. The average Bonchev–Trinajstić information content (AvgIpc) is 2.17. The molecule has 0 heterocycles. The minimum absolute atomic E-state index is 0. The number of rotatable bonds is 2. The van der Waals surface area contributed by atoms with Crippen LogP contribution in [-0.4, -0.2) is 21.1 Å². The van der Waals surface area contributed by atoms with Crippen LogP contribution in [0.25, 0.3) is 0 Å². The van der Waals surface area contributed by atoms with Gasteiger partial charge in [0.1, 0.15) is 5.75 Å². The predicted molar refractivity (Wildman–Crippen MR) is 47.3 cm³/mol. The Kier molecular flexibility index (Phi) is 4.79. The summed E-state index contributed by atoms with van der Waals surface area (Å²) < 4.78 is 0. The minimum Gasteiger partial charge on any atom is -0.507 e. The third-order valence-corrected chi connectivity index (χ3v) is 1.57. The third-order valence-electron chi connectivity index (χ3n) is 1.57. The fourth-order valence-electron chi connectivity index (χ4n) is 0.897. The molecule has 0 atom stereocenters. The molecule has 8 heteroatoms. The number of phenols is 1. The largest absolute Gasteiger partial charge is 0.507 e. The van der Waals surface area contributed by atoms with Crippen molar-refractivity contribution in [2.45, 2.75) is 0 Å². The fraction of sp³-hybridized carbons (Fsp3) is 0. The Morgan fingerprint density at radius 3 is 2.60 bits per heavy atom. The Bertz CT molecular complexity index is 407. The number of non-ortho nitro benzene ring substituents is 1. The van der Waals surface area contributed by atoms with E-state index in [0.717, 1.165) is 18.2 Å². The molecule has 0 saturated carbocycles. The topological polar surface area (TPSA) is 122 Å². The average molecular weight is 305 g/mol. The first-order valence-electron chi connectivity index (χ1n) is 3.51. The van der Waals surface area contributed by atoms with Gasteiger partial charge in [-0.05, 0) is 6.07 Å². The molecule has 0 fully saturated rings. The first-order chi connectivity index (χ1) is 6.56. The van der Waals surface area contributed by atoms with Crippen molar-refractivity contribution < 1.29 is 37.6 Å². The van der Waals surface area contributed by atoms with E-state index in [2.05, 4.69) is 5.16 Å². The van der Waals surface area contributed by atoms with Crippen LogP contribution in [0.3, 0.4) is 0 Å².